The van der Waals surface area contributed by atoms with Crippen molar-refractivity contribution in [3.05, 3.63) is 82.8 Å². The Hall–Kier alpha value is -3.32. The van der Waals surface area contributed by atoms with Gasteiger partial charge in [0.1, 0.15) is 27.5 Å². The minimum atomic E-state index is -3.05. The summed E-state index contributed by atoms with van der Waals surface area (Å²) in [6.07, 6.45) is 2.92. The van der Waals surface area contributed by atoms with Crippen molar-refractivity contribution in [2.75, 3.05) is 17.3 Å². The lowest BCUT2D eigenvalue weighted by atomic mass is 9.94. The van der Waals surface area contributed by atoms with E-state index in [0.29, 0.717) is 19.5 Å². The standard InChI is InChI=1S/C30H33FN2O3S/c1-19-15-22-9-11-25(17-29(22)36-19)32-18-23-7-5-8-26(20(23)2)30-21(3)33(13-6-14-37(4,34)35)28-12-10-24(31)16-27(28)30/h5,7-12,16-17,19,32H,6,13-15,18H2,1-4H3. The van der Waals surface area contributed by atoms with Crippen LogP contribution in [0.3, 0.4) is 0 Å². The molecule has 3 aromatic carbocycles. The fourth-order valence-electron chi connectivity index (χ4n) is 5.42. The Kier molecular flexibility index (Phi) is 6.75. The number of anilines is 1. The average Bonchev–Trinajstić information content (AvgIpc) is 3.33. The Morgan fingerprint density at radius 2 is 1.92 bits per heavy atom. The number of hydrogen-bond acceptors (Lipinski definition) is 4. The summed E-state index contributed by atoms with van der Waals surface area (Å²) in [7, 11) is -3.05. The van der Waals surface area contributed by atoms with E-state index in [1.165, 1.54) is 17.9 Å². The highest BCUT2D eigenvalue weighted by molar-refractivity contribution is 7.90. The first-order chi connectivity index (χ1) is 17.6. The Morgan fingerprint density at radius 3 is 2.70 bits per heavy atom. The molecule has 1 unspecified atom stereocenters. The maximum Gasteiger partial charge on any atom is 0.147 e. The molecular formula is C30H33FN2O3S. The van der Waals surface area contributed by atoms with Gasteiger partial charge in [0.2, 0.25) is 0 Å². The van der Waals surface area contributed by atoms with Gasteiger partial charge in [0, 0.05) is 59.7 Å². The molecule has 0 amide bonds. The van der Waals surface area contributed by atoms with Gasteiger partial charge in [-0.2, -0.15) is 0 Å². The summed E-state index contributed by atoms with van der Waals surface area (Å²) < 4.78 is 45.8. The maximum absolute atomic E-state index is 14.4. The third kappa shape index (κ3) is 5.23. The molecule has 0 spiro atoms. The number of aryl methyl sites for hydroxylation is 1. The zero-order valence-electron chi connectivity index (χ0n) is 21.8. The molecule has 0 saturated heterocycles. The van der Waals surface area contributed by atoms with Gasteiger partial charge >= 0.3 is 0 Å². The molecule has 0 radical (unpaired) electrons. The molecule has 194 valence electrons. The second kappa shape index (κ2) is 9.86. The van der Waals surface area contributed by atoms with Crippen molar-refractivity contribution in [3.8, 4) is 16.9 Å². The molecule has 0 bridgehead atoms. The van der Waals surface area contributed by atoms with Crippen LogP contribution in [0.15, 0.2) is 54.6 Å². The van der Waals surface area contributed by atoms with Crippen molar-refractivity contribution in [2.45, 2.75) is 52.8 Å². The molecule has 7 heteroatoms. The van der Waals surface area contributed by atoms with Crippen molar-refractivity contribution in [3.63, 3.8) is 0 Å². The Labute approximate surface area is 218 Å². The second-order valence-corrected chi connectivity index (χ2v) is 12.4. The lowest BCUT2D eigenvalue weighted by Gasteiger charge is -2.15. The first-order valence-corrected chi connectivity index (χ1v) is 14.7. The highest BCUT2D eigenvalue weighted by atomic mass is 32.2. The predicted molar refractivity (Wildman–Crippen MR) is 149 cm³/mol. The molecule has 5 rings (SSSR count). The Morgan fingerprint density at radius 1 is 1.11 bits per heavy atom. The third-order valence-corrected chi connectivity index (χ3v) is 8.31. The molecule has 1 aliphatic rings. The molecule has 0 aliphatic carbocycles. The molecular weight excluding hydrogens is 487 g/mol. The van der Waals surface area contributed by atoms with E-state index in [0.717, 1.165) is 56.7 Å². The maximum atomic E-state index is 14.4. The van der Waals surface area contributed by atoms with Crippen LogP contribution in [-0.2, 0) is 29.3 Å². The molecule has 2 heterocycles. The number of ether oxygens (including phenoxy) is 1. The van der Waals surface area contributed by atoms with Crippen LogP contribution >= 0.6 is 0 Å². The van der Waals surface area contributed by atoms with E-state index in [4.69, 9.17) is 4.74 Å². The molecule has 37 heavy (non-hydrogen) atoms. The lowest BCUT2D eigenvalue weighted by molar-refractivity contribution is 0.255. The molecule has 4 aromatic rings. The van der Waals surface area contributed by atoms with Crippen molar-refractivity contribution in [1.29, 1.82) is 0 Å². The van der Waals surface area contributed by atoms with Crippen LogP contribution < -0.4 is 10.1 Å². The van der Waals surface area contributed by atoms with Gasteiger partial charge in [-0.3, -0.25) is 0 Å². The number of rotatable bonds is 8. The molecule has 0 saturated carbocycles. The van der Waals surface area contributed by atoms with E-state index in [-0.39, 0.29) is 17.7 Å². The largest absolute Gasteiger partial charge is 0.490 e. The molecule has 1 atom stereocenters. The van der Waals surface area contributed by atoms with Gasteiger partial charge in [-0.05, 0) is 73.7 Å². The molecule has 1 N–H and O–H groups in total. The predicted octanol–water partition coefficient (Wildman–Crippen LogP) is 6.43. The molecule has 1 aromatic heterocycles. The topological polar surface area (TPSA) is 60.3 Å². The van der Waals surface area contributed by atoms with Crippen LogP contribution in [0.1, 0.15) is 35.7 Å². The zero-order chi connectivity index (χ0) is 26.3. The zero-order valence-corrected chi connectivity index (χ0v) is 22.6. The SMILES string of the molecule is Cc1c(CNc2ccc3c(c2)OC(C)C3)cccc1-c1c(C)n(CCCS(C)(=O)=O)c2ccc(F)cc12. The number of benzene rings is 3. The average molecular weight is 521 g/mol. The van der Waals surface area contributed by atoms with Gasteiger partial charge < -0.3 is 14.6 Å². The van der Waals surface area contributed by atoms with Crippen LogP contribution in [0.25, 0.3) is 22.0 Å². The van der Waals surface area contributed by atoms with Gasteiger partial charge in [-0.25, -0.2) is 12.8 Å². The highest BCUT2D eigenvalue weighted by Crippen LogP contribution is 2.38. The van der Waals surface area contributed by atoms with Crippen molar-refractivity contribution >= 4 is 26.4 Å². The van der Waals surface area contributed by atoms with Crippen LogP contribution in [0, 0.1) is 19.7 Å². The van der Waals surface area contributed by atoms with Gasteiger partial charge in [-0.1, -0.05) is 24.3 Å². The monoisotopic (exact) mass is 520 g/mol. The summed E-state index contributed by atoms with van der Waals surface area (Å²) >= 11 is 0. The Bertz CT molecular complexity index is 1590. The summed E-state index contributed by atoms with van der Waals surface area (Å²) in [5.74, 6) is 0.783. The van der Waals surface area contributed by atoms with E-state index in [9.17, 15) is 12.8 Å². The smallest absolute Gasteiger partial charge is 0.147 e. The van der Waals surface area contributed by atoms with E-state index < -0.39 is 9.84 Å². The first kappa shape index (κ1) is 25.3. The summed E-state index contributed by atoms with van der Waals surface area (Å²) in [5, 5.41) is 4.37. The van der Waals surface area contributed by atoms with E-state index in [1.807, 2.05) is 13.0 Å². The third-order valence-electron chi connectivity index (χ3n) is 7.28. The highest BCUT2D eigenvalue weighted by Gasteiger charge is 2.20. The van der Waals surface area contributed by atoms with Crippen LogP contribution in [0.5, 0.6) is 5.75 Å². The van der Waals surface area contributed by atoms with Crippen LogP contribution in [0.4, 0.5) is 10.1 Å². The van der Waals surface area contributed by atoms with E-state index >= 15 is 0 Å². The summed E-state index contributed by atoms with van der Waals surface area (Å²) in [4.78, 5) is 0. The number of hydrogen-bond donors (Lipinski definition) is 1. The van der Waals surface area contributed by atoms with Gasteiger partial charge in [-0.15, -0.1) is 0 Å². The normalized spacial score (nSPS) is 15.1. The van der Waals surface area contributed by atoms with Gasteiger partial charge in [0.05, 0.1) is 5.75 Å². The summed E-state index contributed by atoms with van der Waals surface area (Å²) in [6, 6.07) is 17.4. The van der Waals surface area contributed by atoms with Crippen LogP contribution in [0.2, 0.25) is 0 Å². The van der Waals surface area contributed by atoms with Crippen LogP contribution in [-0.4, -0.2) is 31.1 Å². The van der Waals surface area contributed by atoms with Crippen molar-refractivity contribution < 1.29 is 17.5 Å². The quantitative estimate of drug-likeness (QED) is 0.291. The van der Waals surface area contributed by atoms with Crippen molar-refractivity contribution in [1.82, 2.24) is 4.57 Å². The number of halogens is 1. The first-order valence-electron chi connectivity index (χ1n) is 12.7. The molecule has 5 nitrogen and oxygen atoms in total. The van der Waals surface area contributed by atoms with Gasteiger partial charge in [0.25, 0.3) is 0 Å². The fourth-order valence-corrected chi connectivity index (χ4v) is 6.07. The Balaban J connectivity index is 1.47. The summed E-state index contributed by atoms with van der Waals surface area (Å²) in [5.41, 5.74) is 8.51. The minimum Gasteiger partial charge on any atom is -0.490 e. The number of nitrogens with one attached hydrogen (secondary N) is 1. The van der Waals surface area contributed by atoms with Crippen molar-refractivity contribution in [2.24, 2.45) is 0 Å². The molecule has 0 fully saturated rings. The summed E-state index contributed by atoms with van der Waals surface area (Å²) in [6.45, 7) is 7.42. The van der Waals surface area contributed by atoms with E-state index in [2.05, 4.69) is 54.1 Å². The number of sulfone groups is 1. The number of aromatic nitrogens is 1. The second-order valence-electron chi connectivity index (χ2n) is 10.2. The minimum absolute atomic E-state index is 0.121. The molecule has 1 aliphatic heterocycles. The lowest BCUT2D eigenvalue weighted by Crippen LogP contribution is -2.08. The van der Waals surface area contributed by atoms with Gasteiger partial charge in [0.15, 0.2) is 0 Å². The number of nitrogens with zero attached hydrogens (tertiary/aromatic N) is 1. The van der Waals surface area contributed by atoms with E-state index in [1.54, 1.807) is 12.1 Å². The number of fused-ring (bicyclic) bond motifs is 2. The fraction of sp³-hybridized carbons (Fsp3) is 0.333.